The third-order valence-electron chi connectivity index (χ3n) is 10.7. The summed E-state index contributed by atoms with van der Waals surface area (Å²) in [6.07, 6.45) is 0. The summed E-state index contributed by atoms with van der Waals surface area (Å²) < 4.78 is 13.1. The molecule has 2 aliphatic rings. The van der Waals surface area contributed by atoms with Gasteiger partial charge in [0, 0.05) is 51.0 Å². The maximum Gasteiger partial charge on any atom is 0.256 e. The van der Waals surface area contributed by atoms with E-state index in [1.54, 1.807) is 0 Å². The number of ether oxygens (including phenoxy) is 1. The highest BCUT2D eigenvalue weighted by atomic mass is 16.5. The summed E-state index contributed by atoms with van der Waals surface area (Å²) in [5, 5.41) is 2.19. The molecule has 0 saturated carbocycles. The maximum absolute atomic E-state index is 6.91. The zero-order valence-electron chi connectivity index (χ0n) is 28.7. The van der Waals surface area contributed by atoms with Gasteiger partial charge in [-0.2, -0.15) is 0 Å². The van der Waals surface area contributed by atoms with E-state index in [0.717, 1.165) is 67.3 Å². The minimum absolute atomic E-state index is 0.0300. The van der Waals surface area contributed by atoms with Gasteiger partial charge in [-0.25, -0.2) is 0 Å². The van der Waals surface area contributed by atoms with Crippen LogP contribution in [0.5, 0.6) is 11.5 Å². The van der Waals surface area contributed by atoms with Gasteiger partial charge >= 0.3 is 0 Å². The molecule has 0 unspecified atom stereocenters. The molecule has 1 aromatic heterocycles. The largest absolute Gasteiger partial charge is 0.458 e. The van der Waals surface area contributed by atoms with Gasteiger partial charge in [-0.05, 0) is 100 Å². The van der Waals surface area contributed by atoms with E-state index in [2.05, 4.69) is 186 Å². The van der Waals surface area contributed by atoms with Crippen LogP contribution in [0.3, 0.4) is 0 Å². The second-order valence-electron chi connectivity index (χ2n) is 13.7. The minimum Gasteiger partial charge on any atom is -0.458 e. The Morgan fingerprint density at radius 3 is 1.96 bits per heavy atom. The molecule has 5 heteroatoms. The summed E-state index contributed by atoms with van der Waals surface area (Å²) in [5.74, 6) is 1.75. The molecule has 11 rings (SSSR count). The minimum atomic E-state index is 0.0300. The third kappa shape index (κ3) is 4.71. The van der Waals surface area contributed by atoms with Crippen molar-refractivity contribution in [3.8, 4) is 22.6 Å². The SMILES string of the molecule is c1ccc(-c2ccc(N(c3ccc4c(c3)Oc3cccc5c3B4c3ccccc3N5c3ccccc3)c3ccc4oc5ccccc5c4c3)cc2)cc1. The fourth-order valence-electron chi connectivity index (χ4n) is 8.35. The normalized spacial score (nSPS) is 12.6. The van der Waals surface area contributed by atoms with E-state index in [-0.39, 0.29) is 6.71 Å². The number of hydrogen-bond acceptors (Lipinski definition) is 4. The highest BCUT2D eigenvalue weighted by Crippen LogP contribution is 2.43. The Labute approximate surface area is 307 Å². The van der Waals surface area contributed by atoms with E-state index in [1.807, 2.05) is 12.1 Å². The van der Waals surface area contributed by atoms with Gasteiger partial charge in [0.2, 0.25) is 0 Å². The van der Waals surface area contributed by atoms with Crippen LogP contribution in [0.15, 0.2) is 192 Å². The number of furan rings is 1. The smallest absolute Gasteiger partial charge is 0.256 e. The Balaban J connectivity index is 1.07. The molecule has 8 aromatic carbocycles. The predicted octanol–water partition coefficient (Wildman–Crippen LogP) is 11.1. The van der Waals surface area contributed by atoms with Gasteiger partial charge in [0.15, 0.2) is 0 Å². The van der Waals surface area contributed by atoms with Crippen molar-refractivity contribution in [2.45, 2.75) is 0 Å². The van der Waals surface area contributed by atoms with E-state index in [9.17, 15) is 0 Å². The van der Waals surface area contributed by atoms with E-state index >= 15 is 0 Å². The van der Waals surface area contributed by atoms with Gasteiger partial charge < -0.3 is 19.0 Å². The molecule has 0 radical (unpaired) electrons. The van der Waals surface area contributed by atoms with Crippen molar-refractivity contribution in [3.05, 3.63) is 188 Å². The summed E-state index contributed by atoms with van der Waals surface area (Å²) in [6, 6.07) is 66.6. The fourth-order valence-corrected chi connectivity index (χ4v) is 8.35. The zero-order chi connectivity index (χ0) is 34.9. The molecule has 0 fully saturated rings. The molecule has 0 aliphatic carbocycles. The quantitative estimate of drug-likeness (QED) is 0.170. The van der Waals surface area contributed by atoms with Crippen LogP contribution < -0.4 is 30.9 Å². The maximum atomic E-state index is 6.91. The lowest BCUT2D eigenvalue weighted by Crippen LogP contribution is -2.59. The first-order chi connectivity index (χ1) is 26.3. The van der Waals surface area contributed by atoms with Crippen LogP contribution in [0.2, 0.25) is 0 Å². The molecule has 3 heterocycles. The van der Waals surface area contributed by atoms with E-state index in [4.69, 9.17) is 9.15 Å². The number of para-hydroxylation sites is 3. The summed E-state index contributed by atoms with van der Waals surface area (Å²) in [4.78, 5) is 4.68. The van der Waals surface area contributed by atoms with Gasteiger partial charge in [-0.15, -0.1) is 0 Å². The van der Waals surface area contributed by atoms with Crippen molar-refractivity contribution in [1.29, 1.82) is 0 Å². The average molecular weight is 679 g/mol. The van der Waals surface area contributed by atoms with Gasteiger partial charge in [0.05, 0.1) is 0 Å². The number of anilines is 6. The number of hydrogen-bond donors (Lipinski definition) is 0. The number of fused-ring (bicyclic) bond motifs is 7. The highest BCUT2D eigenvalue weighted by molar-refractivity contribution is 6.99. The molecule has 248 valence electrons. The highest BCUT2D eigenvalue weighted by Gasteiger charge is 2.41. The van der Waals surface area contributed by atoms with Crippen LogP contribution in [0.4, 0.5) is 34.1 Å². The Morgan fingerprint density at radius 2 is 1.09 bits per heavy atom. The molecule has 0 N–H and O–H groups in total. The lowest BCUT2D eigenvalue weighted by molar-refractivity contribution is 0.487. The summed E-state index contributed by atoms with van der Waals surface area (Å²) in [5.41, 5.74) is 14.3. The molecule has 53 heavy (non-hydrogen) atoms. The van der Waals surface area contributed by atoms with Crippen molar-refractivity contribution in [3.63, 3.8) is 0 Å². The first-order valence-electron chi connectivity index (χ1n) is 18.0. The summed E-state index contributed by atoms with van der Waals surface area (Å²) in [6.45, 7) is 0.0300. The van der Waals surface area contributed by atoms with Gasteiger partial charge in [-0.1, -0.05) is 109 Å². The lowest BCUT2D eigenvalue weighted by Gasteiger charge is -2.40. The summed E-state index contributed by atoms with van der Waals surface area (Å²) >= 11 is 0. The molecule has 0 spiro atoms. The van der Waals surface area contributed by atoms with Crippen LogP contribution in [0.25, 0.3) is 33.1 Å². The molecule has 4 nitrogen and oxygen atoms in total. The van der Waals surface area contributed by atoms with Crippen molar-refractivity contribution in [1.82, 2.24) is 0 Å². The van der Waals surface area contributed by atoms with Crippen LogP contribution in [0.1, 0.15) is 0 Å². The summed E-state index contributed by atoms with van der Waals surface area (Å²) in [7, 11) is 0. The van der Waals surface area contributed by atoms with Gasteiger partial charge in [0.25, 0.3) is 6.71 Å². The Morgan fingerprint density at radius 1 is 0.434 bits per heavy atom. The third-order valence-corrected chi connectivity index (χ3v) is 10.7. The second-order valence-corrected chi connectivity index (χ2v) is 13.7. The number of benzene rings is 8. The van der Waals surface area contributed by atoms with Crippen molar-refractivity contribution >= 4 is 79.2 Å². The molecule has 0 atom stereocenters. The lowest BCUT2D eigenvalue weighted by atomic mass is 9.34. The Kier molecular flexibility index (Phi) is 6.61. The first kappa shape index (κ1) is 29.7. The average Bonchev–Trinajstić information content (AvgIpc) is 3.60. The molecular weight excluding hydrogens is 647 g/mol. The topological polar surface area (TPSA) is 28.9 Å². The van der Waals surface area contributed by atoms with Crippen LogP contribution in [-0.4, -0.2) is 6.71 Å². The molecule has 0 amide bonds. The van der Waals surface area contributed by atoms with Crippen molar-refractivity contribution in [2.75, 3.05) is 9.80 Å². The predicted molar refractivity (Wildman–Crippen MR) is 220 cm³/mol. The fraction of sp³-hybridized carbons (Fsp3) is 0. The number of nitrogens with zero attached hydrogens (tertiary/aromatic N) is 2. The molecule has 0 saturated heterocycles. The first-order valence-corrected chi connectivity index (χ1v) is 18.0. The van der Waals surface area contributed by atoms with Crippen LogP contribution in [-0.2, 0) is 0 Å². The van der Waals surface area contributed by atoms with Crippen LogP contribution in [0, 0.1) is 0 Å². The standard InChI is InChI=1S/C48H31BN2O2/c1-3-12-32(13-4-1)33-22-24-35(25-23-33)50(36-27-29-45-39(30-36)38-16-7-10-20-44(38)52-45)37-26-28-41-47(31-37)53-46-21-11-19-43-48(46)49(41)40-17-8-9-18-42(40)51(43)34-14-5-2-6-15-34/h1-31H. The number of rotatable bonds is 5. The Bertz CT molecular complexity index is 2830. The molecular formula is C48H31BN2O2. The monoisotopic (exact) mass is 678 g/mol. The van der Waals surface area contributed by atoms with Crippen LogP contribution >= 0.6 is 0 Å². The van der Waals surface area contributed by atoms with Gasteiger partial charge in [0.1, 0.15) is 22.7 Å². The molecule has 9 aromatic rings. The van der Waals surface area contributed by atoms with E-state index in [0.29, 0.717) is 0 Å². The zero-order valence-corrected chi connectivity index (χ0v) is 28.7. The van der Waals surface area contributed by atoms with Gasteiger partial charge in [-0.3, -0.25) is 0 Å². The van der Waals surface area contributed by atoms with Crippen molar-refractivity contribution < 1.29 is 9.15 Å². The molecule has 0 bridgehead atoms. The Hall–Kier alpha value is -6.98. The second kappa shape index (κ2) is 11.8. The van der Waals surface area contributed by atoms with Crippen molar-refractivity contribution in [2.24, 2.45) is 0 Å². The van der Waals surface area contributed by atoms with E-state index < -0.39 is 0 Å². The van der Waals surface area contributed by atoms with E-state index in [1.165, 1.54) is 27.7 Å². The molecule has 2 aliphatic heterocycles.